The maximum absolute atomic E-state index is 14.4. The predicted molar refractivity (Wildman–Crippen MR) is 126 cm³/mol. The second kappa shape index (κ2) is 12.3. The van der Waals surface area contributed by atoms with E-state index in [-0.39, 0.29) is 43.8 Å². The lowest BCUT2D eigenvalue weighted by atomic mass is 10.2. The molecule has 2 aliphatic rings. The van der Waals surface area contributed by atoms with Crippen molar-refractivity contribution < 1.29 is 33.5 Å². The highest BCUT2D eigenvalue weighted by Gasteiger charge is 2.33. The summed E-state index contributed by atoms with van der Waals surface area (Å²) in [5, 5.41) is 21.6. The van der Waals surface area contributed by atoms with Crippen LogP contribution >= 0.6 is 0 Å². The van der Waals surface area contributed by atoms with Crippen molar-refractivity contribution in [2.24, 2.45) is 0 Å². The molecule has 36 heavy (non-hydrogen) atoms. The molecule has 0 unspecified atom stereocenters. The van der Waals surface area contributed by atoms with Gasteiger partial charge in [0, 0.05) is 26.9 Å². The summed E-state index contributed by atoms with van der Waals surface area (Å²) in [5.74, 6) is -0.116. The molecule has 2 aromatic rings. The van der Waals surface area contributed by atoms with E-state index < -0.39 is 17.1 Å². The van der Waals surface area contributed by atoms with E-state index in [1.807, 2.05) is 4.90 Å². The molecule has 13 nitrogen and oxygen atoms in total. The van der Waals surface area contributed by atoms with Crippen LogP contribution in [0, 0.1) is 22.9 Å². The zero-order chi connectivity index (χ0) is 26.2. The van der Waals surface area contributed by atoms with Gasteiger partial charge in [0.1, 0.15) is 24.7 Å². The lowest BCUT2D eigenvalue weighted by molar-refractivity contribution is -0.392. The molecule has 4 rings (SSSR count). The van der Waals surface area contributed by atoms with Gasteiger partial charge < -0.3 is 34.9 Å². The first-order valence-electron chi connectivity index (χ1n) is 11.3. The minimum absolute atomic E-state index is 0.0819. The van der Waals surface area contributed by atoms with Crippen LogP contribution in [0.3, 0.4) is 0 Å². The second-order valence-corrected chi connectivity index (χ2v) is 8.08. The van der Waals surface area contributed by atoms with Crippen LogP contribution in [-0.2, 0) is 20.8 Å². The average molecular weight is 509 g/mol. The van der Waals surface area contributed by atoms with E-state index in [0.29, 0.717) is 43.5 Å². The number of amides is 2. The first kappa shape index (κ1) is 26.8. The average Bonchev–Trinajstić information content (AvgIpc) is 3.41. The van der Waals surface area contributed by atoms with Crippen LogP contribution in [0.2, 0.25) is 0 Å². The van der Waals surface area contributed by atoms with Crippen molar-refractivity contribution in [2.45, 2.75) is 26.5 Å². The smallest absolute Gasteiger partial charge is 0.414 e. The second-order valence-electron chi connectivity index (χ2n) is 8.08. The number of aliphatic hydroxyl groups excluding tert-OH is 1. The molecule has 2 fully saturated rings. The number of carbonyl (C=O) groups is 2. The van der Waals surface area contributed by atoms with Gasteiger partial charge in [-0.2, -0.15) is 0 Å². The van der Waals surface area contributed by atoms with Crippen molar-refractivity contribution in [3.05, 3.63) is 46.2 Å². The molecule has 14 heteroatoms. The number of morpholine rings is 1. The Morgan fingerprint density at radius 2 is 2.08 bits per heavy atom. The molecule has 0 saturated carbocycles. The van der Waals surface area contributed by atoms with Gasteiger partial charge in [-0.1, -0.05) is 0 Å². The number of aromatic nitrogens is 2. The van der Waals surface area contributed by atoms with Crippen molar-refractivity contribution in [3.8, 4) is 0 Å². The minimum Gasteiger partial charge on any atom is -0.442 e. The van der Waals surface area contributed by atoms with Crippen molar-refractivity contribution in [2.75, 3.05) is 55.8 Å². The molecule has 1 aromatic carbocycles. The number of nitrogens with zero attached hydrogens (tertiary/aromatic N) is 5. The Labute approximate surface area is 206 Å². The van der Waals surface area contributed by atoms with Crippen molar-refractivity contribution in [1.29, 1.82) is 0 Å². The number of nitrogens with one attached hydrogen (secondary N) is 1. The molecule has 2 saturated heterocycles. The molecule has 2 N–H and O–H groups in total. The quantitative estimate of drug-likeness (QED) is 0.415. The van der Waals surface area contributed by atoms with Gasteiger partial charge in [-0.15, -0.1) is 0 Å². The SMILES string of the molecule is CC(=O)NC[C@H]1CN(c2ccc(N3CCOCC3)c(F)c2)C(=O)O1.Cc1ncc([N+](=O)[O-])n1CCO. The molecule has 196 valence electrons. The van der Waals surface area contributed by atoms with Crippen molar-refractivity contribution in [1.82, 2.24) is 14.9 Å². The summed E-state index contributed by atoms with van der Waals surface area (Å²) in [5.41, 5.74) is 0.948. The molecule has 0 spiro atoms. The molecule has 2 aliphatic heterocycles. The number of nitro groups is 1. The molecular weight excluding hydrogens is 479 g/mol. The Morgan fingerprint density at radius 1 is 1.36 bits per heavy atom. The molecule has 0 radical (unpaired) electrons. The Morgan fingerprint density at radius 3 is 2.69 bits per heavy atom. The highest BCUT2D eigenvalue weighted by molar-refractivity contribution is 5.90. The Bertz CT molecular complexity index is 1090. The maximum atomic E-state index is 14.4. The van der Waals surface area contributed by atoms with E-state index in [0.717, 1.165) is 0 Å². The van der Waals surface area contributed by atoms with Crippen LogP contribution in [0.15, 0.2) is 24.4 Å². The van der Waals surface area contributed by atoms with Gasteiger partial charge in [-0.3, -0.25) is 9.69 Å². The minimum atomic E-state index is -0.538. The topological polar surface area (TPSA) is 152 Å². The Balaban J connectivity index is 0.000000253. The summed E-state index contributed by atoms with van der Waals surface area (Å²) in [7, 11) is 0. The predicted octanol–water partition coefficient (Wildman–Crippen LogP) is 1.22. The normalized spacial score (nSPS) is 17.3. The largest absolute Gasteiger partial charge is 0.442 e. The summed E-state index contributed by atoms with van der Waals surface area (Å²) >= 11 is 0. The summed E-state index contributed by atoms with van der Waals surface area (Å²) in [6.45, 7) is 6.08. The van der Waals surface area contributed by atoms with Gasteiger partial charge in [0.2, 0.25) is 5.91 Å². The van der Waals surface area contributed by atoms with E-state index in [2.05, 4.69) is 10.3 Å². The van der Waals surface area contributed by atoms with Crippen molar-refractivity contribution in [3.63, 3.8) is 0 Å². The number of anilines is 2. The number of aryl methyl sites for hydroxylation is 1. The van der Waals surface area contributed by atoms with Gasteiger partial charge in [-0.05, 0) is 23.1 Å². The fourth-order valence-electron chi connectivity index (χ4n) is 3.80. The fourth-order valence-corrected chi connectivity index (χ4v) is 3.80. The van der Waals surface area contributed by atoms with E-state index >= 15 is 0 Å². The van der Waals surface area contributed by atoms with E-state index in [1.165, 1.54) is 28.7 Å². The third-order valence-corrected chi connectivity index (χ3v) is 5.59. The third-order valence-electron chi connectivity index (χ3n) is 5.59. The van der Waals surface area contributed by atoms with Crippen molar-refractivity contribution >= 4 is 29.2 Å². The van der Waals surface area contributed by atoms with E-state index in [9.17, 15) is 24.1 Å². The van der Waals surface area contributed by atoms with Crippen LogP contribution in [-0.4, -0.2) is 83.7 Å². The monoisotopic (exact) mass is 508 g/mol. The molecule has 1 atom stereocenters. The first-order chi connectivity index (χ1) is 17.2. The Kier molecular flexibility index (Phi) is 9.13. The molecule has 1 aromatic heterocycles. The molecule has 0 aliphatic carbocycles. The summed E-state index contributed by atoms with van der Waals surface area (Å²) in [6, 6.07) is 4.72. The number of benzene rings is 1. The lowest BCUT2D eigenvalue weighted by Gasteiger charge is -2.29. The van der Waals surface area contributed by atoms with Gasteiger partial charge in [0.25, 0.3) is 0 Å². The van der Waals surface area contributed by atoms with E-state index in [1.54, 1.807) is 19.1 Å². The summed E-state index contributed by atoms with van der Waals surface area (Å²) in [6.07, 6.45) is 0.206. The number of carbonyl (C=O) groups excluding carboxylic acids is 2. The van der Waals surface area contributed by atoms with Gasteiger partial charge >= 0.3 is 11.9 Å². The number of imidazole rings is 1. The molecule has 0 bridgehead atoms. The Hall–Kier alpha value is -3.78. The molecule has 2 amide bonds. The zero-order valence-corrected chi connectivity index (χ0v) is 20.1. The summed E-state index contributed by atoms with van der Waals surface area (Å²) < 4.78 is 26.3. The zero-order valence-electron chi connectivity index (χ0n) is 20.1. The standard InChI is InChI=1S/C16H20FN3O4.C6H9N3O3/c1-11(21)18-9-13-10-20(16(22)24-13)12-2-3-15(14(17)8-12)19-4-6-23-7-5-19;1-5-7-4-6(9(11)12)8(5)2-3-10/h2-3,8,13H,4-7,9-10H2,1H3,(H,18,21);4,10H,2-3H2,1H3/t13-;/m0./s1. The van der Waals surface area contributed by atoms with Crippen LogP contribution in [0.5, 0.6) is 0 Å². The number of hydrogen-bond donors (Lipinski definition) is 2. The van der Waals surface area contributed by atoms with Crippen LogP contribution in [0.4, 0.5) is 26.4 Å². The summed E-state index contributed by atoms with van der Waals surface area (Å²) in [4.78, 5) is 39.8. The van der Waals surface area contributed by atoms with Crippen LogP contribution < -0.4 is 15.1 Å². The molecule has 3 heterocycles. The lowest BCUT2D eigenvalue weighted by Crippen LogP contribution is -2.36. The number of aliphatic hydroxyl groups is 1. The van der Waals surface area contributed by atoms with Crippen LogP contribution in [0.1, 0.15) is 12.7 Å². The number of cyclic esters (lactones) is 1. The first-order valence-corrected chi connectivity index (χ1v) is 11.3. The van der Waals surface area contributed by atoms with Crippen LogP contribution in [0.25, 0.3) is 0 Å². The number of hydrogen-bond acceptors (Lipinski definition) is 9. The number of rotatable bonds is 7. The highest BCUT2D eigenvalue weighted by atomic mass is 19.1. The molecular formula is C22H29FN6O7. The number of halogens is 1. The highest BCUT2D eigenvalue weighted by Crippen LogP contribution is 2.28. The maximum Gasteiger partial charge on any atom is 0.414 e. The third kappa shape index (κ3) is 6.66. The fraction of sp³-hybridized carbons (Fsp3) is 0.500. The van der Waals surface area contributed by atoms with Gasteiger partial charge in [0.15, 0.2) is 5.82 Å². The van der Waals surface area contributed by atoms with Gasteiger partial charge in [-0.25, -0.2) is 18.7 Å². The number of ether oxygens (including phenoxy) is 2. The van der Waals surface area contributed by atoms with E-state index in [4.69, 9.17) is 14.6 Å². The van der Waals surface area contributed by atoms with Gasteiger partial charge in [0.05, 0.1) is 44.3 Å².